The highest BCUT2D eigenvalue weighted by atomic mass is 16.5. The van der Waals surface area contributed by atoms with Crippen LogP contribution in [-0.4, -0.2) is 36.9 Å². The predicted molar refractivity (Wildman–Crippen MR) is 77.4 cm³/mol. The van der Waals surface area contributed by atoms with Crippen LogP contribution in [-0.2, 0) is 16.0 Å². The summed E-state index contributed by atoms with van der Waals surface area (Å²) >= 11 is 0. The van der Waals surface area contributed by atoms with Crippen LogP contribution in [0.5, 0.6) is 0 Å². The van der Waals surface area contributed by atoms with E-state index >= 15 is 0 Å². The van der Waals surface area contributed by atoms with Gasteiger partial charge in [-0.2, -0.15) is 0 Å². The Morgan fingerprint density at radius 1 is 1.40 bits per heavy atom. The molecule has 110 valence electrons. The van der Waals surface area contributed by atoms with Crippen LogP contribution in [0.15, 0.2) is 24.3 Å². The molecule has 0 spiro atoms. The summed E-state index contributed by atoms with van der Waals surface area (Å²) in [4.78, 5) is 11.9. The molecule has 1 unspecified atom stereocenters. The molecule has 1 atom stereocenters. The van der Waals surface area contributed by atoms with Gasteiger partial charge in [-0.25, -0.2) is 0 Å². The van der Waals surface area contributed by atoms with Crippen molar-refractivity contribution in [1.29, 1.82) is 0 Å². The molecule has 1 aromatic rings. The van der Waals surface area contributed by atoms with Gasteiger partial charge in [0.15, 0.2) is 0 Å². The quantitative estimate of drug-likeness (QED) is 0.856. The van der Waals surface area contributed by atoms with Crippen molar-refractivity contribution in [3.8, 4) is 0 Å². The Bertz CT molecular complexity index is 441. The van der Waals surface area contributed by atoms with Crippen LogP contribution < -0.4 is 5.32 Å². The molecule has 20 heavy (non-hydrogen) atoms. The molecule has 0 aliphatic carbocycles. The van der Waals surface area contributed by atoms with Crippen molar-refractivity contribution in [3.63, 3.8) is 0 Å². The van der Waals surface area contributed by atoms with Crippen molar-refractivity contribution in [2.24, 2.45) is 5.92 Å². The van der Waals surface area contributed by atoms with Gasteiger partial charge in [0, 0.05) is 19.8 Å². The number of aliphatic hydroxyl groups excluding tert-OH is 1. The number of carbonyl (C=O) groups is 1. The minimum absolute atomic E-state index is 0.0367. The number of ether oxygens (including phenoxy) is 1. The van der Waals surface area contributed by atoms with Crippen LogP contribution in [0.2, 0.25) is 0 Å². The lowest BCUT2D eigenvalue weighted by Crippen LogP contribution is -2.39. The van der Waals surface area contributed by atoms with E-state index < -0.39 is 6.10 Å². The maximum Gasteiger partial charge on any atom is 0.224 e. The molecule has 0 bridgehead atoms. The van der Waals surface area contributed by atoms with Crippen molar-refractivity contribution < 1.29 is 14.6 Å². The van der Waals surface area contributed by atoms with Gasteiger partial charge in [0.25, 0.3) is 0 Å². The fourth-order valence-electron chi connectivity index (χ4n) is 2.53. The van der Waals surface area contributed by atoms with E-state index in [9.17, 15) is 9.90 Å². The number of hydrogen-bond donors (Lipinski definition) is 2. The van der Waals surface area contributed by atoms with E-state index in [1.165, 1.54) is 0 Å². The lowest BCUT2D eigenvalue weighted by Gasteiger charge is -2.26. The fourth-order valence-corrected chi connectivity index (χ4v) is 2.53. The number of aryl methyl sites for hydroxylation is 1. The fraction of sp³-hybridized carbons (Fsp3) is 0.562. The Morgan fingerprint density at radius 2 is 2.10 bits per heavy atom. The minimum atomic E-state index is -0.472. The van der Waals surface area contributed by atoms with Crippen LogP contribution in [0.4, 0.5) is 0 Å². The van der Waals surface area contributed by atoms with E-state index in [1.54, 1.807) is 0 Å². The number of nitrogens with one attached hydrogen (secondary N) is 1. The summed E-state index contributed by atoms with van der Waals surface area (Å²) in [6, 6.07) is 7.86. The van der Waals surface area contributed by atoms with Gasteiger partial charge in [-0.3, -0.25) is 4.79 Å². The molecule has 0 aromatic heterocycles. The van der Waals surface area contributed by atoms with Gasteiger partial charge in [0.1, 0.15) is 0 Å². The summed E-state index contributed by atoms with van der Waals surface area (Å²) in [5, 5.41) is 12.9. The normalized spacial score (nSPS) is 17.7. The molecule has 1 heterocycles. The van der Waals surface area contributed by atoms with Crippen LogP contribution in [0, 0.1) is 12.8 Å². The first-order valence-corrected chi connectivity index (χ1v) is 7.24. The Hall–Kier alpha value is -1.39. The molecule has 4 nitrogen and oxygen atoms in total. The van der Waals surface area contributed by atoms with Gasteiger partial charge >= 0.3 is 0 Å². The van der Waals surface area contributed by atoms with E-state index in [0.717, 1.165) is 24.0 Å². The molecule has 1 amide bonds. The molecule has 0 radical (unpaired) electrons. The lowest BCUT2D eigenvalue weighted by atomic mass is 9.94. The Balaban J connectivity index is 1.76. The molecule has 1 aromatic carbocycles. The van der Waals surface area contributed by atoms with Gasteiger partial charge < -0.3 is 15.2 Å². The van der Waals surface area contributed by atoms with E-state index in [0.29, 0.717) is 26.2 Å². The lowest BCUT2D eigenvalue weighted by molar-refractivity contribution is -0.121. The predicted octanol–water partition coefficient (Wildman–Crippen LogP) is 1.44. The van der Waals surface area contributed by atoms with E-state index in [2.05, 4.69) is 5.32 Å². The van der Waals surface area contributed by atoms with Crippen LogP contribution in [0.3, 0.4) is 0 Å². The average molecular weight is 277 g/mol. The second kappa shape index (κ2) is 7.41. The van der Waals surface area contributed by atoms with Crippen molar-refractivity contribution in [2.75, 3.05) is 19.8 Å². The summed E-state index contributed by atoms with van der Waals surface area (Å²) < 4.78 is 5.27. The van der Waals surface area contributed by atoms with Crippen molar-refractivity contribution >= 4 is 5.91 Å². The monoisotopic (exact) mass is 277 g/mol. The molecule has 1 aliphatic rings. The maximum absolute atomic E-state index is 11.9. The molecule has 0 saturated carbocycles. The van der Waals surface area contributed by atoms with Gasteiger partial charge in [-0.05, 0) is 36.8 Å². The van der Waals surface area contributed by atoms with Crippen LogP contribution in [0.25, 0.3) is 0 Å². The van der Waals surface area contributed by atoms with Crippen molar-refractivity contribution in [3.05, 3.63) is 35.4 Å². The van der Waals surface area contributed by atoms with Gasteiger partial charge in [-0.1, -0.05) is 24.3 Å². The average Bonchev–Trinajstić information content (AvgIpc) is 2.48. The molecule has 2 rings (SSSR count). The molecule has 2 N–H and O–H groups in total. The van der Waals surface area contributed by atoms with Gasteiger partial charge in [0.05, 0.1) is 12.5 Å². The van der Waals surface area contributed by atoms with Crippen molar-refractivity contribution in [1.82, 2.24) is 5.32 Å². The Kier molecular flexibility index (Phi) is 5.56. The van der Waals surface area contributed by atoms with Crippen LogP contribution in [0.1, 0.15) is 24.0 Å². The molecule has 1 saturated heterocycles. The van der Waals surface area contributed by atoms with E-state index in [4.69, 9.17) is 4.74 Å². The number of hydrogen-bond acceptors (Lipinski definition) is 3. The molecule has 1 fully saturated rings. The van der Waals surface area contributed by atoms with Crippen molar-refractivity contribution in [2.45, 2.75) is 32.3 Å². The second-order valence-corrected chi connectivity index (χ2v) is 5.42. The topological polar surface area (TPSA) is 58.6 Å². The molecule has 1 aliphatic heterocycles. The highest BCUT2D eigenvalue weighted by Gasteiger charge is 2.22. The first kappa shape index (κ1) is 15.0. The first-order chi connectivity index (χ1) is 9.66. The molecular formula is C16H23NO3. The van der Waals surface area contributed by atoms with E-state index in [1.807, 2.05) is 31.2 Å². The summed E-state index contributed by atoms with van der Waals surface area (Å²) in [6.07, 6.45) is 1.64. The summed E-state index contributed by atoms with van der Waals surface area (Å²) in [5.74, 6) is 0.202. The number of carbonyl (C=O) groups excluding carboxylic acids is 1. The molecule has 4 heteroatoms. The first-order valence-electron chi connectivity index (χ1n) is 7.24. The highest BCUT2D eigenvalue weighted by molar-refractivity contribution is 5.78. The smallest absolute Gasteiger partial charge is 0.224 e. The second-order valence-electron chi connectivity index (χ2n) is 5.42. The molecular weight excluding hydrogens is 254 g/mol. The maximum atomic E-state index is 11.9. The van der Waals surface area contributed by atoms with Gasteiger partial charge in [0.2, 0.25) is 5.91 Å². The third-order valence-corrected chi connectivity index (χ3v) is 3.93. The van der Waals surface area contributed by atoms with Gasteiger partial charge in [-0.15, -0.1) is 0 Å². The van der Waals surface area contributed by atoms with E-state index in [-0.39, 0.29) is 11.8 Å². The minimum Gasteiger partial charge on any atom is -0.391 e. The Morgan fingerprint density at radius 3 is 2.80 bits per heavy atom. The SMILES string of the molecule is Cc1ccccc1CC(=O)NCC(O)C1CCOCC1. The zero-order valence-electron chi connectivity index (χ0n) is 12.0. The summed E-state index contributed by atoms with van der Waals surface area (Å²) in [7, 11) is 0. The summed E-state index contributed by atoms with van der Waals surface area (Å²) in [5.41, 5.74) is 2.15. The number of amides is 1. The standard InChI is InChI=1S/C16H23NO3/c1-12-4-2-3-5-14(12)10-16(19)17-11-15(18)13-6-8-20-9-7-13/h2-5,13,15,18H,6-11H2,1H3,(H,17,19). The number of benzene rings is 1. The zero-order chi connectivity index (χ0) is 14.4. The highest BCUT2D eigenvalue weighted by Crippen LogP contribution is 2.18. The summed E-state index contributed by atoms with van der Waals surface area (Å²) in [6.45, 7) is 3.74. The Labute approximate surface area is 120 Å². The third-order valence-electron chi connectivity index (χ3n) is 3.93. The third kappa shape index (κ3) is 4.32. The largest absolute Gasteiger partial charge is 0.391 e. The zero-order valence-corrected chi connectivity index (χ0v) is 12.0. The number of rotatable bonds is 5. The van der Waals surface area contributed by atoms with Crippen LogP contribution >= 0.6 is 0 Å². The number of aliphatic hydroxyl groups is 1.